The number of carbonyl (C=O) groups excluding carboxylic acids is 2. The molecule has 0 aromatic heterocycles. The molecule has 172 valence electrons. The number of rotatable bonds is 5. The topological polar surface area (TPSA) is 64.6 Å². The molecule has 1 aliphatic carbocycles. The van der Waals surface area contributed by atoms with Gasteiger partial charge in [0.1, 0.15) is 5.75 Å². The second-order valence-corrected chi connectivity index (χ2v) is 9.24. The van der Waals surface area contributed by atoms with Gasteiger partial charge in [0.05, 0.1) is 18.8 Å². The largest absolute Gasteiger partial charge is 0.497 e. The van der Waals surface area contributed by atoms with Crippen LogP contribution in [-0.4, -0.2) is 25.0 Å². The molecular weight excluding hydrogens is 438 g/mol. The SMILES string of the molecule is COc1ccc([C@H]2CC(=O)C3=C(C2)NC(C)=C(C(=O)OC(C)C)[C@@H]3c2cccc(Cl)c2)cc1. The van der Waals surface area contributed by atoms with E-state index in [-0.39, 0.29) is 17.8 Å². The number of halogens is 1. The summed E-state index contributed by atoms with van der Waals surface area (Å²) in [5.74, 6) is -0.0830. The minimum Gasteiger partial charge on any atom is -0.497 e. The Hall–Kier alpha value is -3.05. The van der Waals surface area contributed by atoms with Crippen molar-refractivity contribution < 1.29 is 19.1 Å². The smallest absolute Gasteiger partial charge is 0.337 e. The number of methoxy groups -OCH3 is 1. The van der Waals surface area contributed by atoms with Crippen LogP contribution in [0.3, 0.4) is 0 Å². The summed E-state index contributed by atoms with van der Waals surface area (Å²) in [7, 11) is 1.63. The molecule has 5 nitrogen and oxygen atoms in total. The van der Waals surface area contributed by atoms with Crippen molar-refractivity contribution >= 4 is 23.4 Å². The number of allylic oxidation sites excluding steroid dienone is 3. The Morgan fingerprint density at radius 3 is 2.45 bits per heavy atom. The van der Waals surface area contributed by atoms with Crippen LogP contribution in [-0.2, 0) is 14.3 Å². The van der Waals surface area contributed by atoms with Crippen molar-refractivity contribution in [1.82, 2.24) is 5.32 Å². The van der Waals surface area contributed by atoms with Crippen LogP contribution in [0.2, 0.25) is 5.02 Å². The van der Waals surface area contributed by atoms with Crippen LogP contribution in [0.1, 0.15) is 56.6 Å². The van der Waals surface area contributed by atoms with E-state index in [1.807, 2.05) is 63.2 Å². The van der Waals surface area contributed by atoms with Crippen LogP contribution in [0.15, 0.2) is 71.1 Å². The van der Waals surface area contributed by atoms with E-state index in [1.54, 1.807) is 13.2 Å². The van der Waals surface area contributed by atoms with Gasteiger partial charge >= 0.3 is 5.97 Å². The first-order chi connectivity index (χ1) is 15.8. The number of carbonyl (C=O) groups is 2. The molecule has 1 aliphatic heterocycles. The van der Waals surface area contributed by atoms with E-state index in [9.17, 15) is 9.59 Å². The Kier molecular flexibility index (Phi) is 6.61. The number of Topliss-reactive ketones (excluding diaryl/α,β-unsaturated/α-hetero) is 1. The lowest BCUT2D eigenvalue weighted by Crippen LogP contribution is -2.36. The number of esters is 1. The van der Waals surface area contributed by atoms with Gasteiger partial charge in [-0.1, -0.05) is 35.9 Å². The molecule has 1 heterocycles. The number of nitrogens with one attached hydrogen (secondary N) is 1. The van der Waals surface area contributed by atoms with Crippen molar-refractivity contribution in [3.63, 3.8) is 0 Å². The number of dihydropyridines is 1. The minimum atomic E-state index is -0.518. The maximum Gasteiger partial charge on any atom is 0.337 e. The van der Waals surface area contributed by atoms with E-state index in [4.69, 9.17) is 21.1 Å². The number of hydrogen-bond acceptors (Lipinski definition) is 5. The summed E-state index contributed by atoms with van der Waals surface area (Å²) in [5, 5.41) is 3.93. The molecule has 2 aliphatic rings. The summed E-state index contributed by atoms with van der Waals surface area (Å²) >= 11 is 6.29. The number of ether oxygens (including phenoxy) is 2. The molecule has 0 fully saturated rings. The average Bonchev–Trinajstić information content (AvgIpc) is 2.77. The zero-order chi connectivity index (χ0) is 23.7. The fourth-order valence-corrected chi connectivity index (χ4v) is 4.92. The highest BCUT2D eigenvalue weighted by molar-refractivity contribution is 6.30. The fraction of sp³-hybridized carbons (Fsp3) is 0.333. The third kappa shape index (κ3) is 4.69. The third-order valence-electron chi connectivity index (χ3n) is 6.16. The molecule has 2 aromatic rings. The molecular formula is C27H28ClNO4. The first-order valence-corrected chi connectivity index (χ1v) is 11.5. The van der Waals surface area contributed by atoms with Gasteiger partial charge in [-0.15, -0.1) is 0 Å². The van der Waals surface area contributed by atoms with Gasteiger partial charge in [0.2, 0.25) is 0 Å². The van der Waals surface area contributed by atoms with Crippen molar-refractivity contribution in [3.05, 3.63) is 87.2 Å². The Morgan fingerprint density at radius 1 is 1.09 bits per heavy atom. The standard InChI is InChI=1S/C27H28ClNO4/c1-15(2)33-27(31)24-16(3)29-22-13-19(17-8-10-21(32-4)11-9-17)14-23(30)26(22)25(24)18-6-5-7-20(28)12-18/h5-12,15,19,25,29H,13-14H2,1-4H3/t19-,25+/m1/s1. The fourth-order valence-electron chi connectivity index (χ4n) is 4.72. The van der Waals surface area contributed by atoms with E-state index in [0.717, 1.165) is 22.6 Å². The van der Waals surface area contributed by atoms with Crippen molar-refractivity contribution in [2.24, 2.45) is 0 Å². The quantitative estimate of drug-likeness (QED) is 0.577. The zero-order valence-corrected chi connectivity index (χ0v) is 20.0. The van der Waals surface area contributed by atoms with Gasteiger partial charge in [-0.2, -0.15) is 0 Å². The molecule has 2 atom stereocenters. The molecule has 0 saturated heterocycles. The van der Waals surface area contributed by atoms with Gasteiger partial charge in [-0.3, -0.25) is 4.79 Å². The predicted octanol–water partition coefficient (Wildman–Crippen LogP) is 5.66. The molecule has 1 N–H and O–H groups in total. The monoisotopic (exact) mass is 465 g/mol. The van der Waals surface area contributed by atoms with E-state index >= 15 is 0 Å². The Morgan fingerprint density at radius 2 is 1.82 bits per heavy atom. The first kappa shape index (κ1) is 23.1. The second-order valence-electron chi connectivity index (χ2n) is 8.80. The van der Waals surface area contributed by atoms with Gasteiger partial charge in [-0.25, -0.2) is 4.79 Å². The average molecular weight is 466 g/mol. The molecule has 0 amide bonds. The summed E-state index contributed by atoms with van der Waals surface area (Å²) in [5.41, 5.74) is 4.54. The molecule has 0 bridgehead atoms. The van der Waals surface area contributed by atoms with E-state index in [0.29, 0.717) is 34.7 Å². The maximum absolute atomic E-state index is 13.6. The lowest BCUT2D eigenvalue weighted by molar-refractivity contribution is -0.143. The normalized spacial score (nSPS) is 20.5. The predicted molar refractivity (Wildman–Crippen MR) is 128 cm³/mol. The molecule has 0 spiro atoms. The van der Waals surface area contributed by atoms with E-state index in [2.05, 4.69) is 5.32 Å². The lowest BCUT2D eigenvalue weighted by atomic mass is 9.71. The number of benzene rings is 2. The Balaban J connectivity index is 1.77. The molecule has 33 heavy (non-hydrogen) atoms. The van der Waals surface area contributed by atoms with Crippen molar-refractivity contribution in [3.8, 4) is 5.75 Å². The summed E-state index contributed by atoms with van der Waals surface area (Å²) in [6.07, 6.45) is 0.777. The highest BCUT2D eigenvalue weighted by Gasteiger charge is 2.41. The Labute approximate surface area is 199 Å². The van der Waals surface area contributed by atoms with Crippen molar-refractivity contribution in [1.29, 1.82) is 0 Å². The highest BCUT2D eigenvalue weighted by Crippen LogP contribution is 2.46. The van der Waals surface area contributed by atoms with Gasteiger partial charge in [-0.05, 0) is 68.5 Å². The summed E-state index contributed by atoms with van der Waals surface area (Å²) in [4.78, 5) is 26.7. The van der Waals surface area contributed by atoms with Crippen LogP contribution >= 0.6 is 11.6 Å². The van der Waals surface area contributed by atoms with E-state index < -0.39 is 11.9 Å². The van der Waals surface area contributed by atoms with Gasteiger partial charge in [0.25, 0.3) is 0 Å². The maximum atomic E-state index is 13.6. The summed E-state index contributed by atoms with van der Waals surface area (Å²) < 4.78 is 10.8. The van der Waals surface area contributed by atoms with Crippen molar-refractivity contribution in [2.75, 3.05) is 7.11 Å². The number of ketones is 1. The molecule has 0 unspecified atom stereocenters. The minimum absolute atomic E-state index is 0.0249. The molecule has 0 saturated carbocycles. The summed E-state index contributed by atoms with van der Waals surface area (Å²) in [6, 6.07) is 15.2. The van der Waals surface area contributed by atoms with Gasteiger partial charge < -0.3 is 14.8 Å². The van der Waals surface area contributed by atoms with Crippen LogP contribution in [0.25, 0.3) is 0 Å². The van der Waals surface area contributed by atoms with Crippen LogP contribution < -0.4 is 10.1 Å². The lowest BCUT2D eigenvalue weighted by Gasteiger charge is -2.37. The van der Waals surface area contributed by atoms with Crippen LogP contribution in [0.5, 0.6) is 5.75 Å². The molecule has 2 aromatic carbocycles. The van der Waals surface area contributed by atoms with Gasteiger partial charge in [0.15, 0.2) is 5.78 Å². The highest BCUT2D eigenvalue weighted by atomic mass is 35.5. The van der Waals surface area contributed by atoms with Crippen LogP contribution in [0, 0.1) is 0 Å². The zero-order valence-electron chi connectivity index (χ0n) is 19.3. The Bertz CT molecular complexity index is 1150. The molecule has 0 radical (unpaired) electrons. The summed E-state index contributed by atoms with van der Waals surface area (Å²) in [6.45, 7) is 5.49. The van der Waals surface area contributed by atoms with Gasteiger partial charge in [0, 0.05) is 34.3 Å². The third-order valence-corrected chi connectivity index (χ3v) is 6.39. The number of hydrogen-bond donors (Lipinski definition) is 1. The van der Waals surface area contributed by atoms with Crippen LogP contribution in [0.4, 0.5) is 0 Å². The first-order valence-electron chi connectivity index (χ1n) is 11.1. The van der Waals surface area contributed by atoms with E-state index in [1.165, 1.54) is 0 Å². The molecule has 4 rings (SSSR count). The molecule has 6 heteroatoms. The second kappa shape index (κ2) is 9.44. The van der Waals surface area contributed by atoms with Crippen molar-refractivity contribution in [2.45, 2.75) is 51.6 Å².